The molecule has 28 heavy (non-hydrogen) atoms. The summed E-state index contributed by atoms with van der Waals surface area (Å²) in [6, 6.07) is 10.4. The summed E-state index contributed by atoms with van der Waals surface area (Å²) in [5.41, 5.74) is 0.925. The number of carbonyl (C=O) groups is 1. The number of carbonyl (C=O) groups excluding carboxylic acids is 1. The lowest BCUT2D eigenvalue weighted by atomic mass is 9.95. The number of rotatable bonds is 5. The van der Waals surface area contributed by atoms with Crippen molar-refractivity contribution in [1.82, 2.24) is 20.0 Å². The number of benzene rings is 1. The lowest BCUT2D eigenvalue weighted by Gasteiger charge is -2.38. The number of piperidine rings is 1. The zero-order valence-electron chi connectivity index (χ0n) is 16.6. The Morgan fingerprint density at radius 1 is 1.04 bits per heavy atom. The second kappa shape index (κ2) is 8.73. The fourth-order valence-electron chi connectivity index (χ4n) is 4.12. The molecule has 0 aliphatic carbocycles. The van der Waals surface area contributed by atoms with Gasteiger partial charge in [0.15, 0.2) is 0 Å². The summed E-state index contributed by atoms with van der Waals surface area (Å²) in [5.74, 6) is 0.982. The summed E-state index contributed by atoms with van der Waals surface area (Å²) < 4.78 is 5.86. The molecule has 1 aromatic heterocycles. The van der Waals surface area contributed by atoms with Crippen LogP contribution in [0.15, 0.2) is 34.7 Å². The van der Waals surface area contributed by atoms with Crippen molar-refractivity contribution in [1.29, 1.82) is 0 Å². The van der Waals surface area contributed by atoms with Gasteiger partial charge in [0, 0.05) is 50.7 Å². The first-order valence-electron chi connectivity index (χ1n) is 10.4. The van der Waals surface area contributed by atoms with Crippen LogP contribution in [-0.4, -0.2) is 71.7 Å². The Hall–Kier alpha value is -2.41. The Balaban J connectivity index is 1.29. The van der Waals surface area contributed by atoms with Crippen molar-refractivity contribution in [3.05, 3.63) is 30.3 Å². The van der Waals surface area contributed by atoms with E-state index in [0.29, 0.717) is 17.8 Å². The minimum absolute atomic E-state index is 0.116. The third-order valence-corrected chi connectivity index (χ3v) is 5.77. The molecule has 1 amide bonds. The van der Waals surface area contributed by atoms with Gasteiger partial charge in [-0.05, 0) is 37.9 Å². The molecule has 7 heteroatoms. The van der Waals surface area contributed by atoms with Crippen LogP contribution < -0.4 is 4.90 Å². The van der Waals surface area contributed by atoms with Gasteiger partial charge >= 0.3 is 6.01 Å². The smallest absolute Gasteiger partial charge is 0.318 e. The van der Waals surface area contributed by atoms with E-state index in [1.807, 2.05) is 30.3 Å². The number of hydrogen-bond acceptors (Lipinski definition) is 6. The van der Waals surface area contributed by atoms with Crippen molar-refractivity contribution in [2.24, 2.45) is 5.92 Å². The van der Waals surface area contributed by atoms with Crippen molar-refractivity contribution in [3.63, 3.8) is 0 Å². The minimum atomic E-state index is 0.116. The van der Waals surface area contributed by atoms with Crippen LogP contribution in [0.25, 0.3) is 11.5 Å². The molecule has 0 radical (unpaired) electrons. The number of amides is 1. The SMILES string of the molecule is CCCN1CCN(C(=O)C2CCN(c3nnc(-c4ccccc4)o3)CC2)CC1. The van der Waals surface area contributed by atoms with Crippen LogP contribution in [0.1, 0.15) is 26.2 Å². The maximum absolute atomic E-state index is 12.9. The third-order valence-electron chi connectivity index (χ3n) is 5.77. The first-order chi connectivity index (χ1) is 13.7. The lowest BCUT2D eigenvalue weighted by molar-refractivity contribution is -0.138. The van der Waals surface area contributed by atoms with Crippen molar-refractivity contribution in [2.75, 3.05) is 50.7 Å². The monoisotopic (exact) mass is 383 g/mol. The van der Waals surface area contributed by atoms with Gasteiger partial charge in [-0.3, -0.25) is 9.69 Å². The molecule has 4 rings (SSSR count). The number of piperazine rings is 1. The number of nitrogens with zero attached hydrogens (tertiary/aromatic N) is 5. The van der Waals surface area contributed by atoms with Crippen LogP contribution in [0.3, 0.4) is 0 Å². The molecule has 2 aliphatic heterocycles. The van der Waals surface area contributed by atoms with Gasteiger partial charge in [0.25, 0.3) is 0 Å². The maximum Gasteiger partial charge on any atom is 0.318 e. The van der Waals surface area contributed by atoms with Gasteiger partial charge in [0.05, 0.1) is 0 Å². The van der Waals surface area contributed by atoms with Gasteiger partial charge in [-0.25, -0.2) is 0 Å². The lowest BCUT2D eigenvalue weighted by Crippen LogP contribution is -2.51. The highest BCUT2D eigenvalue weighted by molar-refractivity contribution is 5.79. The van der Waals surface area contributed by atoms with Crippen molar-refractivity contribution in [3.8, 4) is 11.5 Å². The molecule has 150 valence electrons. The highest BCUT2D eigenvalue weighted by atomic mass is 16.4. The molecule has 2 aromatic rings. The average molecular weight is 383 g/mol. The van der Waals surface area contributed by atoms with Gasteiger partial charge in [0.2, 0.25) is 11.8 Å². The predicted octanol–water partition coefficient (Wildman–Crippen LogP) is 2.51. The van der Waals surface area contributed by atoms with Crippen LogP contribution in [0, 0.1) is 5.92 Å². The molecule has 0 unspecified atom stereocenters. The average Bonchev–Trinajstić information content (AvgIpc) is 3.25. The Morgan fingerprint density at radius 3 is 2.43 bits per heavy atom. The second-order valence-electron chi connectivity index (χ2n) is 7.68. The number of anilines is 1. The van der Waals surface area contributed by atoms with E-state index in [1.54, 1.807) is 0 Å². The van der Waals surface area contributed by atoms with Crippen LogP contribution in [-0.2, 0) is 4.79 Å². The van der Waals surface area contributed by atoms with Crippen LogP contribution in [0.5, 0.6) is 0 Å². The zero-order valence-corrected chi connectivity index (χ0v) is 16.6. The van der Waals surface area contributed by atoms with E-state index in [2.05, 4.69) is 31.8 Å². The third kappa shape index (κ3) is 4.19. The molecule has 0 bridgehead atoms. The molecule has 3 heterocycles. The van der Waals surface area contributed by atoms with Crippen LogP contribution in [0.2, 0.25) is 0 Å². The van der Waals surface area contributed by atoms with Crippen molar-refractivity contribution in [2.45, 2.75) is 26.2 Å². The highest BCUT2D eigenvalue weighted by Crippen LogP contribution is 2.27. The van der Waals surface area contributed by atoms with Gasteiger partial charge in [0.1, 0.15) is 0 Å². The zero-order chi connectivity index (χ0) is 19.3. The molecular weight excluding hydrogens is 354 g/mol. The summed E-state index contributed by atoms with van der Waals surface area (Å²) in [5, 5.41) is 8.38. The number of hydrogen-bond donors (Lipinski definition) is 0. The van der Waals surface area contributed by atoms with Gasteiger partial charge in [-0.15, -0.1) is 5.10 Å². The summed E-state index contributed by atoms with van der Waals surface area (Å²) in [6.07, 6.45) is 2.86. The Morgan fingerprint density at radius 2 is 1.75 bits per heavy atom. The van der Waals surface area contributed by atoms with E-state index in [9.17, 15) is 4.79 Å². The van der Waals surface area contributed by atoms with Gasteiger partial charge in [-0.1, -0.05) is 30.2 Å². The molecule has 2 fully saturated rings. The molecular formula is C21H29N5O2. The highest BCUT2D eigenvalue weighted by Gasteiger charge is 2.31. The summed E-state index contributed by atoms with van der Waals surface area (Å²) >= 11 is 0. The summed E-state index contributed by atoms with van der Waals surface area (Å²) in [6.45, 7) is 8.63. The first kappa shape index (κ1) is 18.9. The Bertz CT molecular complexity index is 762. The second-order valence-corrected chi connectivity index (χ2v) is 7.68. The Kier molecular flexibility index (Phi) is 5.90. The van der Waals surface area contributed by atoms with Crippen molar-refractivity contribution < 1.29 is 9.21 Å². The molecule has 0 N–H and O–H groups in total. The van der Waals surface area contributed by atoms with Gasteiger partial charge < -0.3 is 14.2 Å². The summed E-state index contributed by atoms with van der Waals surface area (Å²) in [4.78, 5) is 19.5. The summed E-state index contributed by atoms with van der Waals surface area (Å²) in [7, 11) is 0. The van der Waals surface area contributed by atoms with Gasteiger partial charge in [-0.2, -0.15) is 0 Å². The quantitative estimate of drug-likeness (QED) is 0.790. The predicted molar refractivity (Wildman–Crippen MR) is 108 cm³/mol. The van der Waals surface area contributed by atoms with E-state index in [-0.39, 0.29) is 5.92 Å². The molecule has 0 spiro atoms. The van der Waals surface area contributed by atoms with Crippen molar-refractivity contribution >= 4 is 11.9 Å². The fraction of sp³-hybridized carbons (Fsp3) is 0.571. The molecule has 1 aromatic carbocycles. The molecule has 0 saturated carbocycles. The standard InChI is InChI=1S/C21H29N5O2/c1-2-10-24-13-15-25(16-14-24)20(27)18-8-11-26(12-9-18)21-23-22-19(28-21)17-6-4-3-5-7-17/h3-7,18H,2,8-16H2,1H3. The molecule has 2 aliphatic rings. The van der Waals surface area contributed by atoms with E-state index >= 15 is 0 Å². The maximum atomic E-state index is 12.9. The molecule has 2 saturated heterocycles. The van der Waals surface area contributed by atoms with E-state index in [4.69, 9.17) is 4.42 Å². The topological polar surface area (TPSA) is 65.7 Å². The normalized spacial score (nSPS) is 19.2. The van der Waals surface area contributed by atoms with E-state index in [1.165, 1.54) is 6.42 Å². The van der Waals surface area contributed by atoms with E-state index < -0.39 is 0 Å². The van der Waals surface area contributed by atoms with Crippen LogP contribution in [0.4, 0.5) is 6.01 Å². The van der Waals surface area contributed by atoms with E-state index in [0.717, 1.165) is 64.2 Å². The number of aromatic nitrogens is 2. The Labute approximate surface area is 166 Å². The fourth-order valence-corrected chi connectivity index (χ4v) is 4.12. The minimum Gasteiger partial charge on any atom is -0.403 e. The largest absolute Gasteiger partial charge is 0.403 e. The first-order valence-corrected chi connectivity index (χ1v) is 10.4. The van der Waals surface area contributed by atoms with Crippen LogP contribution >= 0.6 is 0 Å². The molecule has 0 atom stereocenters. The molecule has 7 nitrogen and oxygen atoms in total.